The van der Waals surface area contributed by atoms with Crippen LogP contribution in [0.25, 0.3) is 0 Å². The zero-order chi connectivity index (χ0) is 9.85. The fraction of sp³-hybridized carbons (Fsp3) is 0.857. The average Bonchev–Trinajstić information content (AvgIpc) is 1.79. The molecule has 0 rings (SSSR count). The Morgan fingerprint density at radius 3 is 2.33 bits per heavy atom. The summed E-state index contributed by atoms with van der Waals surface area (Å²) in [5, 5.41) is 8.50. The van der Waals surface area contributed by atoms with E-state index in [1.165, 1.54) is 19.6 Å². The lowest BCUT2D eigenvalue weighted by molar-refractivity contribution is -0.134. The molecule has 0 aliphatic carbocycles. The van der Waals surface area contributed by atoms with Gasteiger partial charge in [-0.25, -0.2) is 0 Å². The Morgan fingerprint density at radius 2 is 2.00 bits per heavy atom. The van der Waals surface area contributed by atoms with Crippen LogP contribution in [0.5, 0.6) is 0 Å². The van der Waals surface area contributed by atoms with Gasteiger partial charge in [-0.1, -0.05) is 9.07 Å². The molecule has 1 N–H and O–H groups in total. The Labute approximate surface area is 72.3 Å². The molecule has 5 heteroatoms. The van der Waals surface area contributed by atoms with Crippen LogP contribution < -0.4 is 0 Å². The first-order chi connectivity index (χ1) is 5.24. The lowest BCUT2D eigenvalue weighted by Crippen LogP contribution is -2.42. The van der Waals surface area contributed by atoms with E-state index in [2.05, 4.69) is 0 Å². The minimum Gasteiger partial charge on any atom is -0.481 e. The van der Waals surface area contributed by atoms with Crippen LogP contribution in [0, 0.1) is 0 Å². The summed E-state index contributed by atoms with van der Waals surface area (Å²) < 4.78 is 16.7. The summed E-state index contributed by atoms with van der Waals surface area (Å²) in [5.74, 6) is -0.992. The summed E-state index contributed by atoms with van der Waals surface area (Å²) in [6.45, 7) is 0.339. The van der Waals surface area contributed by atoms with Gasteiger partial charge in [0.1, 0.15) is 5.75 Å². The molecule has 4 nitrogen and oxygen atoms in total. The van der Waals surface area contributed by atoms with Gasteiger partial charge < -0.3 is 9.84 Å². The fourth-order valence-electron chi connectivity index (χ4n) is 0.800. The molecule has 0 fully saturated rings. The fourth-order valence-corrected chi connectivity index (χ4v) is 2.40. The molecule has 12 heavy (non-hydrogen) atoms. The van der Waals surface area contributed by atoms with Crippen LogP contribution in [0.1, 0.15) is 0 Å². The number of hydrogen-bond acceptors (Lipinski definition) is 3. The van der Waals surface area contributed by atoms with Crippen LogP contribution in [0.2, 0.25) is 0 Å². The number of aliphatic carboxylic acids is 1. The molecule has 0 saturated carbocycles. The number of carboxylic acid groups (broad SMARTS) is 1. The van der Waals surface area contributed by atoms with Crippen molar-refractivity contribution in [1.29, 1.82) is 0 Å². The normalized spacial score (nSPS) is 15.1. The van der Waals surface area contributed by atoms with Gasteiger partial charge in [0, 0.05) is 12.9 Å². The van der Waals surface area contributed by atoms with E-state index in [-0.39, 0.29) is 5.75 Å². The second kappa shape index (κ2) is 3.53. The van der Waals surface area contributed by atoms with Crippen molar-refractivity contribution >= 4 is 15.0 Å². The lowest BCUT2D eigenvalue weighted by Gasteiger charge is -2.31. The molecule has 0 aliphatic rings. The molecule has 0 saturated heterocycles. The van der Waals surface area contributed by atoms with E-state index < -0.39 is 15.0 Å². The Balaban J connectivity index is 4.29. The van der Waals surface area contributed by atoms with Gasteiger partial charge in [-0.15, -0.1) is 0 Å². The Morgan fingerprint density at radius 1 is 1.50 bits per heavy atom. The molecule has 0 aromatic heterocycles. The number of rotatable bonds is 5. The van der Waals surface area contributed by atoms with Crippen molar-refractivity contribution in [2.75, 3.05) is 37.7 Å². The van der Waals surface area contributed by atoms with Gasteiger partial charge in [-0.2, -0.15) is 0 Å². The van der Waals surface area contributed by atoms with Gasteiger partial charge in [-0.3, -0.25) is 9.00 Å². The highest BCUT2D eigenvalue weighted by atomic mass is 32.3. The quantitative estimate of drug-likeness (QED) is 0.661. The van der Waals surface area contributed by atoms with Crippen molar-refractivity contribution in [3.05, 3.63) is 0 Å². The summed E-state index contributed by atoms with van der Waals surface area (Å²) in [5.41, 5.74) is 0. The first-order valence-electron chi connectivity index (χ1n) is 3.54. The minimum atomic E-state index is -2.98. The van der Waals surface area contributed by atoms with Gasteiger partial charge in [-0.05, 0) is 12.5 Å². The zero-order valence-corrected chi connectivity index (χ0v) is 8.52. The van der Waals surface area contributed by atoms with Gasteiger partial charge in [0.05, 0.1) is 6.61 Å². The zero-order valence-electron chi connectivity index (χ0n) is 7.70. The highest BCUT2D eigenvalue weighted by Crippen LogP contribution is 2.16. The van der Waals surface area contributed by atoms with E-state index in [4.69, 9.17) is 9.84 Å². The molecule has 0 aromatic rings. The predicted molar refractivity (Wildman–Crippen MR) is 49.2 cm³/mol. The van der Waals surface area contributed by atoms with E-state index in [1.54, 1.807) is 0 Å². The number of carbonyl (C=O) groups is 1. The monoisotopic (exact) mass is 196 g/mol. The SMILES string of the molecule is COCCS(C)(C)(=O)CC(=O)O. The number of ether oxygens (including phenoxy) is 1. The third-order valence-electron chi connectivity index (χ3n) is 1.50. The molecule has 0 radical (unpaired) electrons. The smallest absolute Gasteiger partial charge is 0.314 e. The molecule has 0 aromatic carbocycles. The number of carboxylic acids is 1. The van der Waals surface area contributed by atoms with E-state index in [0.29, 0.717) is 12.4 Å². The van der Waals surface area contributed by atoms with E-state index in [1.807, 2.05) is 0 Å². The van der Waals surface area contributed by atoms with Crippen LogP contribution >= 0.6 is 0 Å². The summed E-state index contributed by atoms with van der Waals surface area (Å²) in [7, 11) is -1.48. The molecule has 0 heterocycles. The van der Waals surface area contributed by atoms with Crippen LogP contribution in [0.15, 0.2) is 0 Å². The van der Waals surface area contributed by atoms with Gasteiger partial charge >= 0.3 is 5.97 Å². The molecule has 0 spiro atoms. The third-order valence-corrected chi connectivity index (χ3v) is 4.08. The second-order valence-corrected chi connectivity index (χ2v) is 8.94. The van der Waals surface area contributed by atoms with Crippen LogP contribution in [0.4, 0.5) is 0 Å². The Kier molecular flexibility index (Phi) is 3.41. The maximum absolute atomic E-state index is 11.9. The molecule has 0 bridgehead atoms. The minimum absolute atomic E-state index is 0.277. The van der Waals surface area contributed by atoms with Crippen molar-refractivity contribution in [3.63, 3.8) is 0 Å². The summed E-state index contributed by atoms with van der Waals surface area (Å²) in [4.78, 5) is 10.4. The van der Waals surface area contributed by atoms with Crippen LogP contribution in [0.3, 0.4) is 0 Å². The first kappa shape index (κ1) is 11.6. The topological polar surface area (TPSA) is 63.6 Å². The van der Waals surface area contributed by atoms with E-state index in [9.17, 15) is 9.00 Å². The average molecular weight is 196 g/mol. The van der Waals surface area contributed by atoms with E-state index >= 15 is 0 Å². The number of methoxy groups -OCH3 is 1. The first-order valence-corrected chi connectivity index (χ1v) is 6.66. The molecule has 0 amide bonds. The summed E-state index contributed by atoms with van der Waals surface area (Å²) >= 11 is 0. The van der Waals surface area contributed by atoms with Crippen molar-refractivity contribution in [2.24, 2.45) is 0 Å². The molecular formula is C7H16O4S. The van der Waals surface area contributed by atoms with Crippen LogP contribution in [-0.2, 0) is 18.6 Å². The van der Waals surface area contributed by atoms with Gasteiger partial charge in [0.25, 0.3) is 0 Å². The Hall–Kier alpha value is -0.420. The Bertz CT molecular complexity index is 228. The molecule has 0 atom stereocenters. The standard InChI is InChI=1S/C7H16O4S/c1-11-4-5-12(2,3,10)6-7(8)9/h4-6H2,1-3H3,(H,8,9). The van der Waals surface area contributed by atoms with Crippen molar-refractivity contribution < 1.29 is 18.8 Å². The highest BCUT2D eigenvalue weighted by molar-refractivity contribution is 8.19. The highest BCUT2D eigenvalue weighted by Gasteiger charge is 2.28. The number of hydrogen-bond donors (Lipinski definition) is 1. The molecular weight excluding hydrogens is 180 g/mol. The van der Waals surface area contributed by atoms with E-state index in [0.717, 1.165) is 0 Å². The van der Waals surface area contributed by atoms with Crippen LogP contribution in [-0.4, -0.2) is 53.0 Å². The molecule has 74 valence electrons. The summed E-state index contributed by atoms with van der Waals surface area (Å²) in [6.07, 6.45) is 3.01. The summed E-state index contributed by atoms with van der Waals surface area (Å²) in [6, 6.07) is 0. The maximum atomic E-state index is 11.9. The largest absolute Gasteiger partial charge is 0.481 e. The third kappa shape index (κ3) is 5.26. The van der Waals surface area contributed by atoms with Gasteiger partial charge in [0.2, 0.25) is 0 Å². The van der Waals surface area contributed by atoms with Crippen molar-refractivity contribution in [2.45, 2.75) is 0 Å². The van der Waals surface area contributed by atoms with Crippen molar-refractivity contribution in [3.8, 4) is 0 Å². The molecule has 0 aliphatic heterocycles. The second-order valence-electron chi connectivity index (χ2n) is 3.57. The van der Waals surface area contributed by atoms with Gasteiger partial charge in [0.15, 0.2) is 0 Å². The lowest BCUT2D eigenvalue weighted by atomic mass is 10.8. The maximum Gasteiger partial charge on any atom is 0.314 e. The predicted octanol–water partition coefficient (Wildman–Crippen LogP) is -0.203. The molecule has 0 unspecified atom stereocenters. The van der Waals surface area contributed by atoms with Crippen molar-refractivity contribution in [1.82, 2.24) is 0 Å².